The predicted molar refractivity (Wildman–Crippen MR) is 68.2 cm³/mol. The van der Waals surface area contributed by atoms with Crippen molar-refractivity contribution >= 4 is 0 Å². The van der Waals surface area contributed by atoms with E-state index in [1.54, 1.807) is 0 Å². The van der Waals surface area contributed by atoms with Gasteiger partial charge in [-0.1, -0.05) is 0 Å². The van der Waals surface area contributed by atoms with Gasteiger partial charge in [-0.3, -0.25) is 0 Å². The molecule has 0 aromatic rings. The Balaban J connectivity index is 1.76. The molecule has 2 rings (SSSR count). The predicted octanol–water partition coefficient (Wildman–Crippen LogP) is 1.81. The lowest BCUT2D eigenvalue weighted by molar-refractivity contribution is 0.0541. The number of rotatable bonds is 2. The van der Waals surface area contributed by atoms with Crippen LogP contribution in [0.25, 0.3) is 0 Å². The molecular weight excluding hydrogens is 196 g/mol. The Morgan fingerprint density at radius 1 is 1.12 bits per heavy atom. The number of likely N-dealkylation sites (tertiary alicyclic amines) is 1. The minimum Gasteiger partial charge on any atom is -0.306 e. The van der Waals surface area contributed by atoms with E-state index < -0.39 is 0 Å². The zero-order valence-corrected chi connectivity index (χ0v) is 10.9. The van der Waals surface area contributed by atoms with E-state index in [-0.39, 0.29) is 0 Å². The molecule has 90 valence electrons. The van der Waals surface area contributed by atoms with Crippen LogP contribution in [0, 0.1) is 17.8 Å². The SMILES string of the molecule is CC#CC1CC(N(C)C2CCN(C)CC2)C1. The van der Waals surface area contributed by atoms with E-state index in [2.05, 4.69) is 35.7 Å². The lowest BCUT2D eigenvalue weighted by Crippen LogP contribution is -2.50. The zero-order chi connectivity index (χ0) is 11.5. The fourth-order valence-corrected chi connectivity index (χ4v) is 2.94. The van der Waals surface area contributed by atoms with Gasteiger partial charge in [0.1, 0.15) is 0 Å². The molecule has 1 aliphatic carbocycles. The number of nitrogens with zero attached hydrogens (tertiary/aromatic N) is 2. The fraction of sp³-hybridized carbons (Fsp3) is 0.857. The number of piperidine rings is 1. The van der Waals surface area contributed by atoms with Crippen molar-refractivity contribution in [1.82, 2.24) is 9.80 Å². The van der Waals surface area contributed by atoms with E-state index in [0.717, 1.165) is 12.1 Å². The third-order valence-electron chi connectivity index (χ3n) is 4.30. The normalized spacial score (nSPS) is 32.0. The molecule has 2 nitrogen and oxygen atoms in total. The zero-order valence-electron chi connectivity index (χ0n) is 10.9. The van der Waals surface area contributed by atoms with Crippen LogP contribution < -0.4 is 0 Å². The van der Waals surface area contributed by atoms with Crippen LogP contribution >= 0.6 is 0 Å². The molecular formula is C14H24N2. The maximum Gasteiger partial charge on any atom is 0.0232 e. The third-order valence-corrected chi connectivity index (χ3v) is 4.30. The highest BCUT2D eigenvalue weighted by Gasteiger charge is 2.34. The van der Waals surface area contributed by atoms with Crippen molar-refractivity contribution in [2.24, 2.45) is 5.92 Å². The van der Waals surface area contributed by atoms with E-state index in [9.17, 15) is 0 Å². The van der Waals surface area contributed by atoms with Crippen LogP contribution in [0.4, 0.5) is 0 Å². The molecule has 1 heterocycles. The van der Waals surface area contributed by atoms with Gasteiger partial charge in [0, 0.05) is 18.0 Å². The van der Waals surface area contributed by atoms with Crippen LogP contribution in [0.2, 0.25) is 0 Å². The summed E-state index contributed by atoms with van der Waals surface area (Å²) in [6, 6.07) is 1.62. The van der Waals surface area contributed by atoms with Crippen LogP contribution in [-0.4, -0.2) is 49.1 Å². The van der Waals surface area contributed by atoms with Crippen LogP contribution in [-0.2, 0) is 0 Å². The first-order valence-electron chi connectivity index (χ1n) is 6.53. The molecule has 0 radical (unpaired) electrons. The van der Waals surface area contributed by atoms with Gasteiger partial charge in [-0.2, -0.15) is 0 Å². The van der Waals surface area contributed by atoms with Crippen LogP contribution in [0.1, 0.15) is 32.6 Å². The van der Waals surface area contributed by atoms with Crippen LogP contribution in [0.3, 0.4) is 0 Å². The highest BCUT2D eigenvalue weighted by atomic mass is 15.2. The summed E-state index contributed by atoms with van der Waals surface area (Å²) in [5, 5.41) is 0. The Labute approximate surface area is 100.0 Å². The van der Waals surface area contributed by atoms with Crippen molar-refractivity contribution in [1.29, 1.82) is 0 Å². The topological polar surface area (TPSA) is 6.48 Å². The van der Waals surface area contributed by atoms with Gasteiger partial charge in [0.2, 0.25) is 0 Å². The Kier molecular flexibility index (Phi) is 3.89. The number of hydrogen-bond acceptors (Lipinski definition) is 2. The highest BCUT2D eigenvalue weighted by Crippen LogP contribution is 2.33. The standard InChI is InChI=1S/C14H24N2/c1-4-5-12-10-14(11-12)16(3)13-6-8-15(2)9-7-13/h12-14H,6-11H2,1-3H3. The molecule has 16 heavy (non-hydrogen) atoms. The van der Waals surface area contributed by atoms with E-state index in [1.165, 1.54) is 38.8 Å². The summed E-state index contributed by atoms with van der Waals surface area (Å²) in [7, 11) is 4.54. The fourth-order valence-electron chi connectivity index (χ4n) is 2.94. The molecule has 2 fully saturated rings. The Morgan fingerprint density at radius 2 is 1.75 bits per heavy atom. The first-order chi connectivity index (χ1) is 7.70. The third kappa shape index (κ3) is 2.59. The quantitative estimate of drug-likeness (QED) is 0.655. The largest absolute Gasteiger partial charge is 0.306 e. The number of hydrogen-bond donors (Lipinski definition) is 0. The average Bonchev–Trinajstić information content (AvgIpc) is 2.23. The molecule has 0 spiro atoms. The second kappa shape index (κ2) is 5.21. The molecule has 0 amide bonds. The van der Waals surface area contributed by atoms with Gasteiger partial charge in [-0.25, -0.2) is 0 Å². The van der Waals surface area contributed by atoms with Crippen molar-refractivity contribution in [3.05, 3.63) is 0 Å². The molecule has 0 atom stereocenters. The summed E-state index contributed by atoms with van der Waals surface area (Å²) in [6.07, 6.45) is 5.27. The highest BCUT2D eigenvalue weighted by molar-refractivity contribution is 5.08. The van der Waals surface area contributed by atoms with Gasteiger partial charge in [-0.05, 0) is 59.8 Å². The first kappa shape index (κ1) is 12.0. The van der Waals surface area contributed by atoms with Crippen molar-refractivity contribution in [2.45, 2.75) is 44.7 Å². The van der Waals surface area contributed by atoms with Crippen molar-refractivity contribution in [3.63, 3.8) is 0 Å². The Bertz CT molecular complexity index is 275. The van der Waals surface area contributed by atoms with E-state index in [1.807, 2.05) is 6.92 Å². The molecule has 0 aromatic heterocycles. The summed E-state index contributed by atoms with van der Waals surface area (Å²) in [5.74, 6) is 7.02. The molecule has 2 aliphatic rings. The second-order valence-corrected chi connectivity index (χ2v) is 5.42. The maximum absolute atomic E-state index is 3.29. The molecule has 1 saturated heterocycles. The van der Waals surface area contributed by atoms with Gasteiger partial charge < -0.3 is 9.80 Å². The van der Waals surface area contributed by atoms with Crippen molar-refractivity contribution < 1.29 is 0 Å². The Hall–Kier alpha value is -0.520. The summed E-state index contributed by atoms with van der Waals surface area (Å²) < 4.78 is 0. The molecule has 1 saturated carbocycles. The average molecular weight is 220 g/mol. The van der Waals surface area contributed by atoms with Gasteiger partial charge in [0.25, 0.3) is 0 Å². The van der Waals surface area contributed by atoms with Crippen molar-refractivity contribution in [3.8, 4) is 11.8 Å². The summed E-state index contributed by atoms with van der Waals surface area (Å²) in [4.78, 5) is 5.07. The van der Waals surface area contributed by atoms with Gasteiger partial charge in [-0.15, -0.1) is 11.8 Å². The summed E-state index contributed by atoms with van der Waals surface area (Å²) >= 11 is 0. The lowest BCUT2D eigenvalue weighted by atomic mass is 9.79. The molecule has 1 aliphatic heterocycles. The molecule has 0 unspecified atom stereocenters. The molecule has 0 bridgehead atoms. The van der Waals surface area contributed by atoms with E-state index in [4.69, 9.17) is 0 Å². The second-order valence-electron chi connectivity index (χ2n) is 5.42. The minimum atomic E-state index is 0.684. The van der Waals surface area contributed by atoms with E-state index >= 15 is 0 Å². The van der Waals surface area contributed by atoms with E-state index in [0.29, 0.717) is 5.92 Å². The molecule has 2 heteroatoms. The summed E-state index contributed by atoms with van der Waals surface area (Å²) in [6.45, 7) is 4.48. The molecule has 0 aromatic carbocycles. The van der Waals surface area contributed by atoms with Gasteiger partial charge >= 0.3 is 0 Å². The van der Waals surface area contributed by atoms with Crippen LogP contribution in [0.5, 0.6) is 0 Å². The van der Waals surface area contributed by atoms with Crippen molar-refractivity contribution in [2.75, 3.05) is 27.2 Å². The first-order valence-corrected chi connectivity index (χ1v) is 6.53. The molecule has 0 N–H and O–H groups in total. The minimum absolute atomic E-state index is 0.684. The lowest BCUT2D eigenvalue weighted by Gasteiger charge is -2.45. The van der Waals surface area contributed by atoms with Gasteiger partial charge in [0.15, 0.2) is 0 Å². The summed E-state index contributed by atoms with van der Waals surface area (Å²) in [5.41, 5.74) is 0. The maximum atomic E-state index is 3.29. The van der Waals surface area contributed by atoms with Gasteiger partial charge in [0.05, 0.1) is 0 Å². The monoisotopic (exact) mass is 220 g/mol. The smallest absolute Gasteiger partial charge is 0.0232 e. The Morgan fingerprint density at radius 3 is 2.31 bits per heavy atom. The van der Waals surface area contributed by atoms with Crippen LogP contribution in [0.15, 0.2) is 0 Å².